The van der Waals surface area contributed by atoms with Crippen LogP contribution in [0.15, 0.2) is 12.1 Å². The van der Waals surface area contributed by atoms with E-state index in [1.165, 1.54) is 0 Å². The Morgan fingerprint density at radius 1 is 1.60 bits per heavy atom. The second-order valence-electron chi connectivity index (χ2n) is 3.03. The summed E-state index contributed by atoms with van der Waals surface area (Å²) in [5.74, 6) is -2.31. The van der Waals surface area contributed by atoms with Crippen molar-refractivity contribution in [1.82, 2.24) is 0 Å². The van der Waals surface area contributed by atoms with Crippen LogP contribution < -0.4 is 5.73 Å². The number of hydrogen-bond donors (Lipinski definition) is 3. The zero-order valence-corrected chi connectivity index (χ0v) is 8.33. The van der Waals surface area contributed by atoms with E-state index in [0.29, 0.717) is 0 Å². The minimum atomic E-state index is -1.13. The Morgan fingerprint density at radius 3 is 2.73 bits per heavy atom. The van der Waals surface area contributed by atoms with Crippen molar-refractivity contribution < 1.29 is 19.4 Å². The minimum absolute atomic E-state index is 0.0276. The first-order valence-electron chi connectivity index (χ1n) is 4.07. The van der Waals surface area contributed by atoms with Gasteiger partial charge in [0.25, 0.3) is 0 Å². The molecule has 0 bridgehead atoms. The van der Waals surface area contributed by atoms with E-state index in [1.807, 2.05) is 0 Å². The van der Waals surface area contributed by atoms with E-state index in [1.54, 1.807) is 0 Å². The summed E-state index contributed by atoms with van der Waals surface area (Å²) in [6.45, 7) is 0. The van der Waals surface area contributed by atoms with Crippen molar-refractivity contribution >= 4 is 17.6 Å². The molecule has 0 amide bonds. The zero-order valence-electron chi connectivity index (χ0n) is 7.58. The van der Waals surface area contributed by atoms with Gasteiger partial charge in [-0.1, -0.05) is 11.6 Å². The van der Waals surface area contributed by atoms with E-state index < -0.39 is 30.0 Å². The van der Waals surface area contributed by atoms with Crippen molar-refractivity contribution in [3.05, 3.63) is 28.5 Å². The van der Waals surface area contributed by atoms with Gasteiger partial charge in [0.15, 0.2) is 0 Å². The number of aliphatic carboxylic acids is 1. The molecule has 0 heterocycles. The summed E-state index contributed by atoms with van der Waals surface area (Å²) < 4.78 is 13.2. The fourth-order valence-corrected chi connectivity index (χ4v) is 1.31. The smallest absolute Gasteiger partial charge is 0.305 e. The van der Waals surface area contributed by atoms with Crippen LogP contribution in [0.5, 0.6) is 5.75 Å². The van der Waals surface area contributed by atoms with Crippen LogP contribution in [0.1, 0.15) is 18.0 Å². The summed E-state index contributed by atoms with van der Waals surface area (Å²) in [6.07, 6.45) is -0.405. The Hall–Kier alpha value is -1.33. The number of hydrogen-bond acceptors (Lipinski definition) is 3. The third kappa shape index (κ3) is 2.81. The highest BCUT2D eigenvalue weighted by Crippen LogP contribution is 2.29. The summed E-state index contributed by atoms with van der Waals surface area (Å²) >= 11 is 5.55. The van der Waals surface area contributed by atoms with Gasteiger partial charge in [0, 0.05) is 17.7 Å². The summed E-state index contributed by atoms with van der Waals surface area (Å²) in [5, 5.41) is 17.5. The number of phenolic OH excluding ortho intramolecular Hbond substituents is 1. The highest BCUT2D eigenvalue weighted by Gasteiger charge is 2.17. The van der Waals surface area contributed by atoms with Gasteiger partial charge in [0.05, 0.1) is 11.4 Å². The van der Waals surface area contributed by atoms with Crippen LogP contribution in [-0.2, 0) is 4.79 Å². The molecule has 0 saturated heterocycles. The summed E-state index contributed by atoms with van der Waals surface area (Å²) in [6, 6.07) is 0.944. The number of phenols is 1. The number of aromatic hydroxyl groups is 1. The molecule has 4 N–H and O–H groups in total. The molecule has 1 atom stereocenters. The van der Waals surface area contributed by atoms with Crippen molar-refractivity contribution in [3.63, 3.8) is 0 Å². The van der Waals surface area contributed by atoms with Gasteiger partial charge in [-0.25, -0.2) is 4.39 Å². The lowest BCUT2D eigenvalue weighted by Gasteiger charge is -2.11. The maximum atomic E-state index is 13.2. The van der Waals surface area contributed by atoms with E-state index >= 15 is 0 Å². The Kier molecular flexibility index (Phi) is 3.49. The second kappa shape index (κ2) is 4.46. The fraction of sp³-hybridized carbons (Fsp3) is 0.222. The molecule has 4 nitrogen and oxygen atoms in total. The molecule has 1 aromatic rings. The zero-order chi connectivity index (χ0) is 11.6. The minimum Gasteiger partial charge on any atom is -0.506 e. The number of carboxylic acid groups (broad SMARTS) is 1. The molecule has 82 valence electrons. The molecule has 0 saturated carbocycles. The van der Waals surface area contributed by atoms with Gasteiger partial charge >= 0.3 is 5.97 Å². The van der Waals surface area contributed by atoms with Gasteiger partial charge in [-0.15, -0.1) is 0 Å². The third-order valence-electron chi connectivity index (χ3n) is 1.86. The molecule has 0 spiro atoms. The first-order valence-corrected chi connectivity index (χ1v) is 4.45. The monoisotopic (exact) mass is 233 g/mol. The van der Waals surface area contributed by atoms with Crippen LogP contribution in [0.4, 0.5) is 4.39 Å². The number of nitrogens with two attached hydrogens (primary N) is 1. The molecule has 0 fully saturated rings. The molecule has 0 radical (unpaired) electrons. The van der Waals surface area contributed by atoms with Gasteiger partial charge in [0.1, 0.15) is 11.6 Å². The lowest BCUT2D eigenvalue weighted by atomic mass is 10.0. The molecule has 1 rings (SSSR count). The Morgan fingerprint density at radius 2 is 2.20 bits per heavy atom. The molecule has 0 aliphatic heterocycles. The number of halogens is 2. The molecule has 1 aromatic carbocycles. The predicted octanol–water partition coefficient (Wildman–Crippen LogP) is 1.66. The van der Waals surface area contributed by atoms with Gasteiger partial charge in [-0.05, 0) is 6.07 Å². The Bertz CT molecular complexity index is 397. The predicted molar refractivity (Wildman–Crippen MR) is 52.3 cm³/mol. The number of carboxylic acids is 1. The molecule has 0 aliphatic rings. The average molecular weight is 234 g/mol. The van der Waals surface area contributed by atoms with Crippen LogP contribution in [0.2, 0.25) is 5.02 Å². The van der Waals surface area contributed by atoms with Crippen molar-refractivity contribution in [3.8, 4) is 5.75 Å². The van der Waals surface area contributed by atoms with Crippen LogP contribution in [-0.4, -0.2) is 16.2 Å². The second-order valence-corrected chi connectivity index (χ2v) is 3.44. The normalized spacial score (nSPS) is 12.5. The first-order chi connectivity index (χ1) is 6.91. The van der Waals surface area contributed by atoms with E-state index in [4.69, 9.17) is 27.5 Å². The molecule has 6 heteroatoms. The van der Waals surface area contributed by atoms with Crippen LogP contribution in [0.25, 0.3) is 0 Å². The maximum absolute atomic E-state index is 13.2. The highest BCUT2D eigenvalue weighted by molar-refractivity contribution is 6.32. The fourth-order valence-electron chi connectivity index (χ4n) is 1.13. The summed E-state index contributed by atoms with van der Waals surface area (Å²) in [7, 11) is 0. The SMILES string of the molecule is NC(CC(=O)O)c1cc(Cl)c(O)cc1F. The Balaban J connectivity index is 3.03. The molecule has 1 unspecified atom stereocenters. The number of carbonyl (C=O) groups is 1. The van der Waals surface area contributed by atoms with Crippen LogP contribution in [0.3, 0.4) is 0 Å². The van der Waals surface area contributed by atoms with Crippen LogP contribution >= 0.6 is 11.6 Å². The highest BCUT2D eigenvalue weighted by atomic mass is 35.5. The van der Waals surface area contributed by atoms with Crippen molar-refractivity contribution in [2.24, 2.45) is 5.73 Å². The van der Waals surface area contributed by atoms with Gasteiger partial charge in [0.2, 0.25) is 0 Å². The van der Waals surface area contributed by atoms with E-state index in [9.17, 15) is 9.18 Å². The van der Waals surface area contributed by atoms with Crippen molar-refractivity contribution in [1.29, 1.82) is 0 Å². The van der Waals surface area contributed by atoms with Crippen molar-refractivity contribution in [2.75, 3.05) is 0 Å². The molecular weight excluding hydrogens is 225 g/mol. The Labute approximate surface area is 90.1 Å². The molecule has 0 aliphatic carbocycles. The van der Waals surface area contributed by atoms with Gasteiger partial charge in [-0.2, -0.15) is 0 Å². The van der Waals surface area contributed by atoms with Gasteiger partial charge < -0.3 is 15.9 Å². The first kappa shape index (κ1) is 11.7. The lowest BCUT2D eigenvalue weighted by molar-refractivity contribution is -0.137. The number of rotatable bonds is 3. The molecule has 15 heavy (non-hydrogen) atoms. The van der Waals surface area contributed by atoms with Crippen LogP contribution in [0, 0.1) is 5.82 Å². The standard InChI is InChI=1S/C9H9ClFNO3/c10-5-1-4(6(11)2-8(5)13)7(12)3-9(14)15/h1-2,7,13H,3,12H2,(H,14,15). The summed E-state index contributed by atoms with van der Waals surface area (Å²) in [5.41, 5.74) is 5.43. The molecule has 0 aromatic heterocycles. The third-order valence-corrected chi connectivity index (χ3v) is 2.16. The average Bonchev–Trinajstić information content (AvgIpc) is 2.09. The largest absolute Gasteiger partial charge is 0.506 e. The van der Waals surface area contributed by atoms with E-state index in [-0.39, 0.29) is 10.6 Å². The lowest BCUT2D eigenvalue weighted by Crippen LogP contribution is -2.16. The van der Waals surface area contributed by atoms with E-state index in [2.05, 4.69) is 0 Å². The van der Waals surface area contributed by atoms with Gasteiger partial charge in [-0.3, -0.25) is 4.79 Å². The number of benzene rings is 1. The summed E-state index contributed by atoms with van der Waals surface area (Å²) in [4.78, 5) is 10.4. The van der Waals surface area contributed by atoms with E-state index in [0.717, 1.165) is 12.1 Å². The van der Waals surface area contributed by atoms with Crippen molar-refractivity contribution in [2.45, 2.75) is 12.5 Å². The quantitative estimate of drug-likeness (QED) is 0.741. The topological polar surface area (TPSA) is 83.6 Å². The molecular formula is C9H9ClFNO3. The maximum Gasteiger partial charge on any atom is 0.305 e.